The molecule has 1 saturated heterocycles. The minimum Gasteiger partial charge on any atom is -0.340 e. The molecule has 1 aliphatic rings. The normalized spacial score (nSPS) is 18.3. The van der Waals surface area contributed by atoms with Crippen LogP contribution in [0.4, 0.5) is 0 Å². The van der Waals surface area contributed by atoms with Crippen molar-refractivity contribution < 1.29 is 4.79 Å². The summed E-state index contributed by atoms with van der Waals surface area (Å²) in [4.78, 5) is 16.1. The number of carbonyl (C=O) groups excluding carboxylic acids is 1. The summed E-state index contributed by atoms with van der Waals surface area (Å²) in [5, 5.41) is 12.9. The zero-order valence-corrected chi connectivity index (χ0v) is 11.3. The molecule has 1 fully saturated rings. The van der Waals surface area contributed by atoms with Gasteiger partial charge in [0.15, 0.2) is 0 Å². The largest absolute Gasteiger partial charge is 0.340 e. The maximum absolute atomic E-state index is 12.1. The lowest BCUT2D eigenvalue weighted by Gasteiger charge is -2.35. The summed E-state index contributed by atoms with van der Waals surface area (Å²) >= 11 is 1.62. The van der Waals surface area contributed by atoms with Gasteiger partial charge >= 0.3 is 0 Å². The van der Waals surface area contributed by atoms with Crippen molar-refractivity contribution in [3.8, 4) is 6.07 Å². The first-order valence-corrected chi connectivity index (χ1v) is 7.07. The van der Waals surface area contributed by atoms with Gasteiger partial charge in [0.1, 0.15) is 0 Å². The molecule has 2 heterocycles. The maximum Gasteiger partial charge on any atom is 0.227 e. The monoisotopic (exact) mass is 263 g/mol. The molecule has 96 valence electrons. The van der Waals surface area contributed by atoms with E-state index >= 15 is 0 Å². The van der Waals surface area contributed by atoms with Gasteiger partial charge in [-0.25, -0.2) is 0 Å². The van der Waals surface area contributed by atoms with Gasteiger partial charge < -0.3 is 4.90 Å². The standard InChI is InChI=1S/C13H17N3OS/c1-11(9-14)15-3-5-16(6-4-15)13(17)8-12-2-7-18-10-12/h2,7,10-11H,3-6,8H2,1H3. The van der Waals surface area contributed by atoms with Crippen molar-refractivity contribution in [2.24, 2.45) is 0 Å². The smallest absolute Gasteiger partial charge is 0.227 e. The highest BCUT2D eigenvalue weighted by Crippen LogP contribution is 2.11. The molecule has 1 aromatic rings. The number of amides is 1. The molecule has 1 aromatic heterocycles. The Morgan fingerprint density at radius 2 is 2.22 bits per heavy atom. The molecule has 1 unspecified atom stereocenters. The summed E-state index contributed by atoms with van der Waals surface area (Å²) in [6, 6.07) is 4.18. The molecular weight excluding hydrogens is 246 g/mol. The van der Waals surface area contributed by atoms with Crippen LogP contribution in [0.2, 0.25) is 0 Å². The van der Waals surface area contributed by atoms with Gasteiger partial charge in [0.25, 0.3) is 0 Å². The molecule has 0 saturated carbocycles. The summed E-state index contributed by atoms with van der Waals surface area (Å²) in [7, 11) is 0. The van der Waals surface area contributed by atoms with Gasteiger partial charge in [-0.3, -0.25) is 9.69 Å². The number of hydrogen-bond acceptors (Lipinski definition) is 4. The number of piperazine rings is 1. The van der Waals surface area contributed by atoms with Crippen LogP contribution in [0.25, 0.3) is 0 Å². The molecule has 18 heavy (non-hydrogen) atoms. The van der Waals surface area contributed by atoms with Crippen molar-refractivity contribution in [3.05, 3.63) is 22.4 Å². The molecule has 0 aliphatic carbocycles. The number of nitriles is 1. The van der Waals surface area contributed by atoms with Crippen LogP contribution in [0, 0.1) is 11.3 Å². The maximum atomic E-state index is 12.1. The molecule has 5 heteroatoms. The Hall–Kier alpha value is -1.38. The molecule has 0 aromatic carbocycles. The van der Waals surface area contributed by atoms with E-state index in [2.05, 4.69) is 11.0 Å². The molecule has 0 bridgehead atoms. The zero-order chi connectivity index (χ0) is 13.0. The summed E-state index contributed by atoms with van der Waals surface area (Å²) in [5.41, 5.74) is 1.10. The molecule has 1 atom stereocenters. The molecule has 0 spiro atoms. The second-order valence-electron chi connectivity index (χ2n) is 4.53. The first kappa shape index (κ1) is 13.1. The van der Waals surface area contributed by atoms with E-state index in [4.69, 9.17) is 5.26 Å². The lowest BCUT2D eigenvalue weighted by molar-refractivity contribution is -0.132. The lowest BCUT2D eigenvalue weighted by atomic mass is 10.2. The Bertz CT molecular complexity index is 430. The van der Waals surface area contributed by atoms with Crippen molar-refractivity contribution in [3.63, 3.8) is 0 Å². The van der Waals surface area contributed by atoms with E-state index in [-0.39, 0.29) is 11.9 Å². The number of thiophene rings is 1. The van der Waals surface area contributed by atoms with Crippen LogP contribution in [-0.2, 0) is 11.2 Å². The molecule has 4 nitrogen and oxygen atoms in total. The third kappa shape index (κ3) is 3.09. The van der Waals surface area contributed by atoms with Crippen molar-refractivity contribution in [1.29, 1.82) is 5.26 Å². The second-order valence-corrected chi connectivity index (χ2v) is 5.31. The van der Waals surface area contributed by atoms with Crippen LogP contribution in [0.3, 0.4) is 0 Å². The molecular formula is C13H17N3OS. The average molecular weight is 263 g/mol. The number of rotatable bonds is 3. The highest BCUT2D eigenvalue weighted by molar-refractivity contribution is 7.07. The van der Waals surface area contributed by atoms with E-state index < -0.39 is 0 Å². The van der Waals surface area contributed by atoms with Crippen LogP contribution >= 0.6 is 11.3 Å². The topological polar surface area (TPSA) is 47.3 Å². The van der Waals surface area contributed by atoms with E-state index in [1.165, 1.54) is 0 Å². The average Bonchev–Trinajstić information content (AvgIpc) is 2.91. The Morgan fingerprint density at radius 1 is 1.50 bits per heavy atom. The SMILES string of the molecule is CC(C#N)N1CCN(C(=O)Cc2ccsc2)CC1. The summed E-state index contributed by atoms with van der Waals surface area (Å²) in [6.45, 7) is 4.96. The van der Waals surface area contributed by atoms with Crippen LogP contribution in [0.5, 0.6) is 0 Å². The van der Waals surface area contributed by atoms with E-state index in [1.54, 1.807) is 11.3 Å². The highest BCUT2D eigenvalue weighted by atomic mass is 32.1. The van der Waals surface area contributed by atoms with Crippen molar-refractivity contribution in [2.75, 3.05) is 26.2 Å². The van der Waals surface area contributed by atoms with E-state index in [1.807, 2.05) is 28.7 Å². The van der Waals surface area contributed by atoms with E-state index in [9.17, 15) is 4.79 Å². The Balaban J connectivity index is 1.83. The van der Waals surface area contributed by atoms with E-state index in [0.29, 0.717) is 6.42 Å². The third-order valence-corrected chi connectivity index (χ3v) is 4.07. The molecule has 2 rings (SSSR count). The molecule has 1 aliphatic heterocycles. The van der Waals surface area contributed by atoms with Gasteiger partial charge in [-0.15, -0.1) is 0 Å². The Morgan fingerprint density at radius 3 is 2.78 bits per heavy atom. The van der Waals surface area contributed by atoms with Crippen molar-refractivity contribution >= 4 is 17.2 Å². The number of nitrogens with zero attached hydrogens (tertiary/aromatic N) is 3. The molecule has 0 N–H and O–H groups in total. The second kappa shape index (κ2) is 5.98. The highest BCUT2D eigenvalue weighted by Gasteiger charge is 2.23. The van der Waals surface area contributed by atoms with Crippen LogP contribution in [0.15, 0.2) is 16.8 Å². The quantitative estimate of drug-likeness (QED) is 0.827. The van der Waals surface area contributed by atoms with Crippen LogP contribution in [-0.4, -0.2) is 47.9 Å². The fourth-order valence-corrected chi connectivity index (χ4v) is 2.79. The van der Waals surface area contributed by atoms with Crippen molar-refractivity contribution in [2.45, 2.75) is 19.4 Å². The Kier molecular flexibility index (Phi) is 4.34. The van der Waals surface area contributed by atoms with Gasteiger partial charge in [0.05, 0.1) is 18.5 Å². The predicted molar refractivity (Wildman–Crippen MR) is 71.3 cm³/mol. The van der Waals surface area contributed by atoms with Gasteiger partial charge in [0.2, 0.25) is 5.91 Å². The Labute approximate surface area is 111 Å². The summed E-state index contributed by atoms with van der Waals surface area (Å²) in [6.07, 6.45) is 0.497. The minimum atomic E-state index is -0.0564. The van der Waals surface area contributed by atoms with Gasteiger partial charge in [-0.05, 0) is 29.3 Å². The van der Waals surface area contributed by atoms with Gasteiger partial charge in [-0.1, -0.05) is 0 Å². The number of hydrogen-bond donors (Lipinski definition) is 0. The van der Waals surface area contributed by atoms with Crippen LogP contribution in [0.1, 0.15) is 12.5 Å². The molecule has 0 radical (unpaired) electrons. The molecule has 1 amide bonds. The first-order chi connectivity index (χ1) is 8.70. The third-order valence-electron chi connectivity index (χ3n) is 3.34. The fraction of sp³-hybridized carbons (Fsp3) is 0.538. The number of carbonyl (C=O) groups is 1. The summed E-state index contributed by atoms with van der Waals surface area (Å²) < 4.78 is 0. The van der Waals surface area contributed by atoms with Gasteiger partial charge in [0, 0.05) is 26.2 Å². The fourth-order valence-electron chi connectivity index (χ4n) is 2.12. The zero-order valence-electron chi connectivity index (χ0n) is 10.5. The minimum absolute atomic E-state index is 0.0564. The van der Waals surface area contributed by atoms with Gasteiger partial charge in [-0.2, -0.15) is 16.6 Å². The van der Waals surface area contributed by atoms with Crippen LogP contribution < -0.4 is 0 Å². The van der Waals surface area contributed by atoms with E-state index in [0.717, 1.165) is 31.7 Å². The lowest BCUT2D eigenvalue weighted by Crippen LogP contribution is -2.51. The first-order valence-electron chi connectivity index (χ1n) is 6.13. The van der Waals surface area contributed by atoms with Crippen molar-refractivity contribution in [1.82, 2.24) is 9.80 Å². The summed E-state index contributed by atoms with van der Waals surface area (Å²) in [5.74, 6) is 0.192. The predicted octanol–water partition coefficient (Wildman–Crippen LogP) is 1.35.